The first-order chi connectivity index (χ1) is 7.99. The highest BCUT2D eigenvalue weighted by molar-refractivity contribution is 9.10. The number of benzene rings is 1. The zero-order valence-corrected chi connectivity index (χ0v) is 12.3. The van der Waals surface area contributed by atoms with Crippen molar-refractivity contribution in [2.24, 2.45) is 17.6 Å². The van der Waals surface area contributed by atoms with E-state index in [1.807, 2.05) is 0 Å². The summed E-state index contributed by atoms with van der Waals surface area (Å²) in [6.07, 6.45) is 4.71. The summed E-state index contributed by atoms with van der Waals surface area (Å²) in [6, 6.07) is 8.58. The molecule has 94 valence electrons. The lowest BCUT2D eigenvalue weighted by Gasteiger charge is -2.42. The molecule has 17 heavy (non-hydrogen) atoms. The second kappa shape index (κ2) is 5.11. The highest BCUT2D eigenvalue weighted by Crippen LogP contribution is 2.37. The van der Waals surface area contributed by atoms with Crippen molar-refractivity contribution in [3.05, 3.63) is 34.3 Å². The lowest BCUT2D eigenvalue weighted by Crippen LogP contribution is -2.51. The minimum atomic E-state index is 0.000337. The normalized spacial score (nSPS) is 33.6. The molecule has 1 aliphatic carbocycles. The van der Waals surface area contributed by atoms with Crippen LogP contribution in [0.25, 0.3) is 0 Å². The van der Waals surface area contributed by atoms with Crippen LogP contribution in [0.5, 0.6) is 0 Å². The molecule has 0 aliphatic heterocycles. The standard InChI is InChI=1S/C15H22BrN/c1-11-7-8-15(17,12(2)9-11)10-13-3-5-14(16)6-4-13/h3-6,11-12H,7-10,17H2,1-2H3. The summed E-state index contributed by atoms with van der Waals surface area (Å²) in [5.74, 6) is 1.46. The Morgan fingerprint density at radius 2 is 1.94 bits per heavy atom. The van der Waals surface area contributed by atoms with Gasteiger partial charge in [0.25, 0.3) is 0 Å². The van der Waals surface area contributed by atoms with Crippen LogP contribution >= 0.6 is 15.9 Å². The van der Waals surface area contributed by atoms with Crippen LogP contribution in [0.15, 0.2) is 28.7 Å². The highest BCUT2D eigenvalue weighted by Gasteiger charge is 2.36. The fourth-order valence-corrected chi connectivity index (χ4v) is 3.23. The smallest absolute Gasteiger partial charge is 0.0221 e. The van der Waals surface area contributed by atoms with Crippen LogP contribution < -0.4 is 5.73 Å². The maximum atomic E-state index is 6.62. The summed E-state index contributed by atoms with van der Waals surface area (Å²) >= 11 is 3.47. The van der Waals surface area contributed by atoms with E-state index < -0.39 is 0 Å². The van der Waals surface area contributed by atoms with E-state index in [4.69, 9.17) is 5.73 Å². The number of halogens is 1. The Labute approximate surface area is 113 Å². The number of nitrogens with two attached hydrogens (primary N) is 1. The average Bonchev–Trinajstić information content (AvgIpc) is 2.28. The van der Waals surface area contributed by atoms with Gasteiger partial charge in [0.05, 0.1) is 0 Å². The van der Waals surface area contributed by atoms with Gasteiger partial charge in [0.1, 0.15) is 0 Å². The molecule has 0 saturated heterocycles. The first-order valence-corrected chi connectivity index (χ1v) is 7.32. The van der Waals surface area contributed by atoms with Crippen molar-refractivity contribution in [1.82, 2.24) is 0 Å². The van der Waals surface area contributed by atoms with Crippen LogP contribution in [0, 0.1) is 11.8 Å². The van der Waals surface area contributed by atoms with Gasteiger partial charge in [-0.2, -0.15) is 0 Å². The SMILES string of the molecule is CC1CCC(N)(Cc2ccc(Br)cc2)C(C)C1. The van der Waals surface area contributed by atoms with Gasteiger partial charge in [-0.25, -0.2) is 0 Å². The van der Waals surface area contributed by atoms with Crippen LogP contribution in [0.2, 0.25) is 0 Å². The highest BCUT2D eigenvalue weighted by atomic mass is 79.9. The Morgan fingerprint density at radius 1 is 1.29 bits per heavy atom. The van der Waals surface area contributed by atoms with Crippen molar-refractivity contribution in [2.75, 3.05) is 0 Å². The number of hydrogen-bond acceptors (Lipinski definition) is 1. The first-order valence-electron chi connectivity index (χ1n) is 6.53. The molecule has 3 atom stereocenters. The van der Waals surface area contributed by atoms with Gasteiger partial charge in [-0.05, 0) is 55.2 Å². The van der Waals surface area contributed by atoms with Gasteiger partial charge in [-0.15, -0.1) is 0 Å². The van der Waals surface area contributed by atoms with E-state index in [2.05, 4.69) is 54.0 Å². The molecule has 2 heteroatoms. The fourth-order valence-electron chi connectivity index (χ4n) is 2.96. The molecule has 1 saturated carbocycles. The predicted molar refractivity (Wildman–Crippen MR) is 76.9 cm³/mol. The Kier molecular flexibility index (Phi) is 3.94. The zero-order chi connectivity index (χ0) is 12.5. The molecule has 0 bridgehead atoms. The third kappa shape index (κ3) is 3.11. The van der Waals surface area contributed by atoms with E-state index in [9.17, 15) is 0 Å². The second-order valence-corrected chi connectivity index (χ2v) is 6.73. The molecule has 1 aromatic rings. The maximum absolute atomic E-state index is 6.62. The average molecular weight is 296 g/mol. The van der Waals surface area contributed by atoms with Gasteiger partial charge in [0, 0.05) is 10.0 Å². The Balaban J connectivity index is 2.09. The fraction of sp³-hybridized carbons (Fsp3) is 0.600. The van der Waals surface area contributed by atoms with Crippen molar-refractivity contribution < 1.29 is 0 Å². The molecule has 1 aromatic carbocycles. The number of hydrogen-bond donors (Lipinski definition) is 1. The zero-order valence-electron chi connectivity index (χ0n) is 10.7. The lowest BCUT2D eigenvalue weighted by molar-refractivity contribution is 0.163. The molecule has 2 N–H and O–H groups in total. The molecule has 1 fully saturated rings. The summed E-state index contributed by atoms with van der Waals surface area (Å²) in [5, 5.41) is 0. The van der Waals surface area contributed by atoms with Crippen molar-refractivity contribution >= 4 is 15.9 Å². The van der Waals surface area contributed by atoms with E-state index in [1.54, 1.807) is 0 Å². The monoisotopic (exact) mass is 295 g/mol. The van der Waals surface area contributed by atoms with Gasteiger partial charge in [0.15, 0.2) is 0 Å². The quantitative estimate of drug-likeness (QED) is 0.872. The van der Waals surface area contributed by atoms with E-state index in [0.717, 1.165) is 23.2 Å². The van der Waals surface area contributed by atoms with E-state index >= 15 is 0 Å². The van der Waals surface area contributed by atoms with Crippen molar-refractivity contribution in [2.45, 2.75) is 45.1 Å². The Bertz CT molecular complexity index is 373. The molecule has 0 heterocycles. The minimum Gasteiger partial charge on any atom is -0.325 e. The molecular weight excluding hydrogens is 274 g/mol. The van der Waals surface area contributed by atoms with E-state index in [1.165, 1.54) is 18.4 Å². The van der Waals surface area contributed by atoms with Gasteiger partial charge >= 0.3 is 0 Å². The third-order valence-corrected chi connectivity index (χ3v) is 4.82. The van der Waals surface area contributed by atoms with Gasteiger partial charge in [-0.1, -0.05) is 41.9 Å². The van der Waals surface area contributed by atoms with Gasteiger partial charge in [-0.3, -0.25) is 0 Å². The van der Waals surface area contributed by atoms with Crippen LogP contribution in [-0.4, -0.2) is 5.54 Å². The van der Waals surface area contributed by atoms with Crippen LogP contribution in [0.1, 0.15) is 38.7 Å². The lowest BCUT2D eigenvalue weighted by atomic mass is 9.68. The number of rotatable bonds is 2. The molecule has 3 unspecified atom stereocenters. The van der Waals surface area contributed by atoms with Crippen LogP contribution in [0.4, 0.5) is 0 Å². The molecule has 1 nitrogen and oxygen atoms in total. The molecule has 1 aliphatic rings. The first kappa shape index (κ1) is 13.1. The third-order valence-electron chi connectivity index (χ3n) is 4.29. The maximum Gasteiger partial charge on any atom is 0.0221 e. The van der Waals surface area contributed by atoms with Gasteiger partial charge < -0.3 is 5.73 Å². The summed E-state index contributed by atoms with van der Waals surface area (Å²) in [7, 11) is 0. The molecule has 0 spiro atoms. The second-order valence-electron chi connectivity index (χ2n) is 5.82. The van der Waals surface area contributed by atoms with Crippen LogP contribution in [0.3, 0.4) is 0 Å². The largest absolute Gasteiger partial charge is 0.325 e. The Morgan fingerprint density at radius 3 is 2.53 bits per heavy atom. The summed E-state index contributed by atoms with van der Waals surface area (Å²) in [5.41, 5.74) is 7.98. The molecule has 0 radical (unpaired) electrons. The van der Waals surface area contributed by atoms with E-state index in [0.29, 0.717) is 5.92 Å². The van der Waals surface area contributed by atoms with Crippen molar-refractivity contribution in [1.29, 1.82) is 0 Å². The summed E-state index contributed by atoms with van der Waals surface area (Å²) in [4.78, 5) is 0. The minimum absolute atomic E-state index is 0.000337. The summed E-state index contributed by atoms with van der Waals surface area (Å²) in [6.45, 7) is 4.66. The van der Waals surface area contributed by atoms with E-state index in [-0.39, 0.29) is 5.54 Å². The molecule has 0 aromatic heterocycles. The van der Waals surface area contributed by atoms with Crippen molar-refractivity contribution in [3.8, 4) is 0 Å². The predicted octanol–water partition coefficient (Wildman–Crippen LogP) is 4.15. The summed E-state index contributed by atoms with van der Waals surface area (Å²) < 4.78 is 1.14. The topological polar surface area (TPSA) is 26.0 Å². The van der Waals surface area contributed by atoms with Crippen LogP contribution in [-0.2, 0) is 6.42 Å². The molecule has 2 rings (SSSR count). The Hall–Kier alpha value is -0.340. The molecular formula is C15H22BrN. The van der Waals surface area contributed by atoms with Crippen molar-refractivity contribution in [3.63, 3.8) is 0 Å². The molecule has 0 amide bonds. The van der Waals surface area contributed by atoms with Gasteiger partial charge in [0.2, 0.25) is 0 Å².